The van der Waals surface area contributed by atoms with Crippen LogP contribution >= 0.6 is 0 Å². The summed E-state index contributed by atoms with van der Waals surface area (Å²) in [5.74, 6) is 0.0368. The third kappa shape index (κ3) is 9.07. The summed E-state index contributed by atoms with van der Waals surface area (Å²) in [4.78, 5) is 19.4. The number of sulfonamides is 1. The summed E-state index contributed by atoms with van der Waals surface area (Å²) in [6, 6.07) is 18.8. The van der Waals surface area contributed by atoms with Gasteiger partial charge in [0.15, 0.2) is 0 Å². The highest BCUT2D eigenvalue weighted by atomic mass is 32.2. The van der Waals surface area contributed by atoms with E-state index in [1.807, 2.05) is 60.7 Å². The van der Waals surface area contributed by atoms with E-state index in [1.54, 1.807) is 7.05 Å². The van der Waals surface area contributed by atoms with Crippen molar-refractivity contribution in [2.45, 2.75) is 45.7 Å². The Labute approximate surface area is 220 Å². The van der Waals surface area contributed by atoms with E-state index >= 15 is 0 Å². The first-order valence-corrected chi connectivity index (χ1v) is 14.5. The summed E-state index contributed by atoms with van der Waals surface area (Å²) in [5, 5.41) is 7.12. The lowest BCUT2D eigenvalue weighted by Gasteiger charge is -2.20. The van der Waals surface area contributed by atoms with E-state index in [9.17, 15) is 13.2 Å². The largest absolute Gasteiger partial charge is 0.345 e. The quantitative estimate of drug-likeness (QED) is 0.315. The van der Waals surface area contributed by atoms with Crippen molar-refractivity contribution < 1.29 is 13.2 Å². The molecule has 0 aliphatic heterocycles. The van der Waals surface area contributed by atoms with Crippen molar-refractivity contribution in [2.24, 2.45) is 7.05 Å². The molecule has 200 valence electrons. The van der Waals surface area contributed by atoms with Gasteiger partial charge in [-0.3, -0.25) is 9.48 Å². The third-order valence-corrected chi connectivity index (χ3v) is 7.75. The molecule has 2 N–H and O–H groups in total. The Bertz CT molecular complexity index is 1210. The van der Waals surface area contributed by atoms with Crippen molar-refractivity contribution >= 4 is 15.9 Å². The van der Waals surface area contributed by atoms with Crippen LogP contribution in [0, 0.1) is 0 Å². The molecule has 10 heteroatoms. The van der Waals surface area contributed by atoms with Crippen LogP contribution in [-0.4, -0.2) is 59.4 Å². The number of hydrogen-bond donors (Lipinski definition) is 2. The molecule has 0 radical (unpaired) electrons. The first kappa shape index (κ1) is 28.5. The van der Waals surface area contributed by atoms with Crippen LogP contribution in [0.5, 0.6) is 0 Å². The van der Waals surface area contributed by atoms with Gasteiger partial charge < -0.3 is 10.2 Å². The SMILES string of the molecule is CCN(CC)CCCS(=O)(=O)N[C@H](CCc1ccccc1)c1nc(C(=O)NCc2ccccc2)nn1C. The van der Waals surface area contributed by atoms with Crippen LogP contribution in [0.4, 0.5) is 0 Å². The van der Waals surface area contributed by atoms with E-state index in [0.29, 0.717) is 31.6 Å². The second kappa shape index (κ2) is 14.0. The molecule has 0 aliphatic rings. The molecule has 0 fully saturated rings. The minimum absolute atomic E-state index is 0.0128. The maximum atomic E-state index is 13.0. The number of aryl methyl sites for hydroxylation is 2. The molecular formula is C27H38N6O3S. The number of hydrogen-bond acceptors (Lipinski definition) is 6. The predicted octanol–water partition coefficient (Wildman–Crippen LogP) is 3.07. The summed E-state index contributed by atoms with van der Waals surface area (Å²) in [7, 11) is -1.90. The van der Waals surface area contributed by atoms with Gasteiger partial charge >= 0.3 is 0 Å². The van der Waals surface area contributed by atoms with Crippen LogP contribution in [0.25, 0.3) is 0 Å². The van der Waals surface area contributed by atoms with Crippen molar-refractivity contribution in [3.05, 3.63) is 83.4 Å². The van der Waals surface area contributed by atoms with E-state index in [1.165, 1.54) is 4.68 Å². The number of nitrogens with one attached hydrogen (secondary N) is 2. The maximum absolute atomic E-state index is 13.0. The molecule has 0 saturated carbocycles. The number of nitrogens with zero attached hydrogens (tertiary/aromatic N) is 4. The van der Waals surface area contributed by atoms with Gasteiger partial charge in [0.1, 0.15) is 5.82 Å². The Balaban J connectivity index is 1.73. The molecule has 3 rings (SSSR count). The minimum atomic E-state index is -3.58. The van der Waals surface area contributed by atoms with Crippen LogP contribution in [-0.2, 0) is 30.0 Å². The molecule has 1 heterocycles. The standard InChI is InChI=1S/C27H38N6O3S/c1-4-33(5-2)19-12-20-37(35,36)31-24(18-17-22-13-8-6-9-14-22)26-29-25(30-32(26)3)27(34)28-21-23-15-10-7-11-16-23/h6-11,13-16,24,31H,4-5,12,17-21H2,1-3H3,(H,28,34)/t24-/m1/s1. The molecular weight excluding hydrogens is 488 g/mol. The molecule has 0 aliphatic carbocycles. The Kier molecular flexibility index (Phi) is 10.8. The van der Waals surface area contributed by atoms with Gasteiger partial charge in [-0.15, -0.1) is 5.10 Å². The van der Waals surface area contributed by atoms with Crippen molar-refractivity contribution in [1.29, 1.82) is 0 Å². The zero-order valence-corrected chi connectivity index (χ0v) is 22.7. The number of aromatic nitrogens is 3. The zero-order valence-electron chi connectivity index (χ0n) is 21.9. The molecule has 0 bridgehead atoms. The fraction of sp³-hybridized carbons (Fsp3) is 0.444. The fourth-order valence-electron chi connectivity index (χ4n) is 4.14. The average molecular weight is 527 g/mol. The third-order valence-electron chi connectivity index (χ3n) is 6.28. The van der Waals surface area contributed by atoms with Crippen molar-refractivity contribution in [3.8, 4) is 0 Å². The second-order valence-electron chi connectivity index (χ2n) is 8.98. The Hall–Kier alpha value is -3.08. The lowest BCUT2D eigenvalue weighted by molar-refractivity contribution is 0.0940. The van der Waals surface area contributed by atoms with E-state index in [2.05, 4.69) is 38.9 Å². The van der Waals surface area contributed by atoms with Crippen LogP contribution in [0.1, 0.15) is 60.3 Å². The molecule has 1 atom stereocenters. The summed E-state index contributed by atoms with van der Waals surface area (Å²) >= 11 is 0. The summed E-state index contributed by atoms with van der Waals surface area (Å²) in [6.45, 7) is 6.98. The second-order valence-corrected chi connectivity index (χ2v) is 10.9. The molecule has 37 heavy (non-hydrogen) atoms. The van der Waals surface area contributed by atoms with Gasteiger partial charge in [-0.05, 0) is 50.0 Å². The lowest BCUT2D eigenvalue weighted by atomic mass is 10.1. The van der Waals surface area contributed by atoms with Crippen LogP contribution < -0.4 is 10.0 Å². The van der Waals surface area contributed by atoms with E-state index in [-0.39, 0.29) is 11.6 Å². The monoisotopic (exact) mass is 526 g/mol. The van der Waals surface area contributed by atoms with Gasteiger partial charge in [-0.25, -0.2) is 18.1 Å². The first-order valence-electron chi connectivity index (χ1n) is 12.8. The number of benzene rings is 2. The Morgan fingerprint density at radius 1 is 1.00 bits per heavy atom. The zero-order chi connectivity index (χ0) is 26.7. The lowest BCUT2D eigenvalue weighted by Crippen LogP contribution is -2.34. The van der Waals surface area contributed by atoms with Gasteiger partial charge in [0.25, 0.3) is 5.91 Å². The van der Waals surface area contributed by atoms with Crippen LogP contribution in [0.2, 0.25) is 0 Å². The highest BCUT2D eigenvalue weighted by Gasteiger charge is 2.26. The summed E-state index contributed by atoms with van der Waals surface area (Å²) in [5.41, 5.74) is 2.06. The van der Waals surface area contributed by atoms with Crippen LogP contribution in [0.3, 0.4) is 0 Å². The number of carbonyl (C=O) groups is 1. The van der Waals surface area contributed by atoms with E-state index < -0.39 is 22.0 Å². The van der Waals surface area contributed by atoms with Gasteiger partial charge in [-0.2, -0.15) is 0 Å². The van der Waals surface area contributed by atoms with E-state index in [4.69, 9.17) is 0 Å². The summed E-state index contributed by atoms with van der Waals surface area (Å²) < 4.78 is 30.4. The fourth-order valence-corrected chi connectivity index (χ4v) is 5.43. The molecule has 0 saturated heterocycles. The van der Waals surface area contributed by atoms with Crippen molar-refractivity contribution in [1.82, 2.24) is 29.7 Å². The van der Waals surface area contributed by atoms with Crippen molar-refractivity contribution in [2.75, 3.05) is 25.4 Å². The smallest absolute Gasteiger partial charge is 0.291 e. The molecule has 3 aromatic rings. The van der Waals surface area contributed by atoms with E-state index in [0.717, 1.165) is 30.8 Å². The molecule has 9 nitrogen and oxygen atoms in total. The first-order chi connectivity index (χ1) is 17.8. The number of carbonyl (C=O) groups excluding carboxylic acids is 1. The average Bonchev–Trinajstić information content (AvgIpc) is 3.30. The topological polar surface area (TPSA) is 109 Å². The van der Waals surface area contributed by atoms with Gasteiger partial charge in [0.05, 0.1) is 11.8 Å². The Morgan fingerprint density at radius 3 is 2.24 bits per heavy atom. The normalized spacial score (nSPS) is 12.5. The highest BCUT2D eigenvalue weighted by Crippen LogP contribution is 2.19. The number of rotatable bonds is 15. The minimum Gasteiger partial charge on any atom is -0.345 e. The molecule has 1 amide bonds. The molecule has 2 aromatic carbocycles. The predicted molar refractivity (Wildman–Crippen MR) is 145 cm³/mol. The highest BCUT2D eigenvalue weighted by molar-refractivity contribution is 7.89. The molecule has 0 unspecified atom stereocenters. The summed E-state index contributed by atoms with van der Waals surface area (Å²) in [6.07, 6.45) is 1.67. The van der Waals surface area contributed by atoms with Gasteiger partial charge in [0, 0.05) is 13.6 Å². The molecule has 0 spiro atoms. The van der Waals surface area contributed by atoms with Crippen molar-refractivity contribution in [3.63, 3.8) is 0 Å². The Morgan fingerprint density at radius 2 is 1.62 bits per heavy atom. The van der Waals surface area contributed by atoms with Crippen LogP contribution in [0.15, 0.2) is 60.7 Å². The van der Waals surface area contributed by atoms with Gasteiger partial charge in [0.2, 0.25) is 15.8 Å². The van der Waals surface area contributed by atoms with Gasteiger partial charge in [-0.1, -0.05) is 74.5 Å². The number of amides is 1. The maximum Gasteiger partial charge on any atom is 0.291 e. The molecule has 1 aromatic heterocycles.